The van der Waals surface area contributed by atoms with Gasteiger partial charge in [-0.05, 0) is 24.7 Å². The lowest BCUT2D eigenvalue weighted by atomic mass is 10.0. The standard InChI is InChI=1S/C11H17N3O/c1-3-11(4-5-11)7-12-9-6-10(15-2)14-8-13-9/h6,8H,3-5,7H2,1-2H3,(H,12,13,14). The second-order valence-corrected chi connectivity index (χ2v) is 4.15. The summed E-state index contributed by atoms with van der Waals surface area (Å²) in [6, 6.07) is 1.83. The number of nitrogens with one attached hydrogen (secondary N) is 1. The van der Waals surface area contributed by atoms with Gasteiger partial charge in [0.25, 0.3) is 0 Å². The molecule has 0 radical (unpaired) electrons. The molecule has 0 spiro atoms. The summed E-state index contributed by atoms with van der Waals surface area (Å²) in [4.78, 5) is 8.12. The molecule has 0 amide bonds. The van der Waals surface area contributed by atoms with Crippen LogP contribution in [0.3, 0.4) is 0 Å². The van der Waals surface area contributed by atoms with Gasteiger partial charge >= 0.3 is 0 Å². The molecule has 1 fully saturated rings. The van der Waals surface area contributed by atoms with E-state index >= 15 is 0 Å². The first kappa shape index (κ1) is 10.2. The molecule has 0 atom stereocenters. The Morgan fingerprint density at radius 3 is 2.87 bits per heavy atom. The first-order chi connectivity index (χ1) is 7.28. The highest BCUT2D eigenvalue weighted by Gasteiger charge is 2.40. The van der Waals surface area contributed by atoms with E-state index in [1.807, 2.05) is 6.07 Å². The van der Waals surface area contributed by atoms with Gasteiger partial charge in [0.15, 0.2) is 0 Å². The van der Waals surface area contributed by atoms with Crippen molar-refractivity contribution in [3.63, 3.8) is 0 Å². The number of hydrogen-bond donors (Lipinski definition) is 1. The Morgan fingerprint density at radius 2 is 2.27 bits per heavy atom. The highest BCUT2D eigenvalue weighted by atomic mass is 16.5. The fraction of sp³-hybridized carbons (Fsp3) is 0.636. The van der Waals surface area contributed by atoms with Crippen molar-refractivity contribution >= 4 is 5.82 Å². The van der Waals surface area contributed by atoms with Gasteiger partial charge < -0.3 is 10.1 Å². The maximum atomic E-state index is 5.04. The van der Waals surface area contributed by atoms with Crippen LogP contribution >= 0.6 is 0 Å². The molecule has 1 saturated carbocycles. The number of aromatic nitrogens is 2. The van der Waals surface area contributed by atoms with Crippen LogP contribution in [0.5, 0.6) is 5.88 Å². The monoisotopic (exact) mass is 207 g/mol. The highest BCUT2D eigenvalue weighted by molar-refractivity contribution is 5.37. The molecule has 0 bridgehead atoms. The maximum Gasteiger partial charge on any atom is 0.218 e. The molecule has 0 unspecified atom stereocenters. The molecular formula is C11H17N3O. The van der Waals surface area contributed by atoms with E-state index in [0.717, 1.165) is 12.4 Å². The van der Waals surface area contributed by atoms with Gasteiger partial charge in [-0.3, -0.25) is 0 Å². The molecule has 4 nitrogen and oxygen atoms in total. The molecule has 0 aromatic carbocycles. The van der Waals surface area contributed by atoms with Gasteiger partial charge in [0, 0.05) is 12.6 Å². The Hall–Kier alpha value is -1.32. The molecule has 1 aliphatic carbocycles. The van der Waals surface area contributed by atoms with E-state index in [9.17, 15) is 0 Å². The van der Waals surface area contributed by atoms with Gasteiger partial charge in [-0.1, -0.05) is 6.92 Å². The van der Waals surface area contributed by atoms with Gasteiger partial charge in [-0.25, -0.2) is 9.97 Å². The lowest BCUT2D eigenvalue weighted by Crippen LogP contribution is -2.15. The smallest absolute Gasteiger partial charge is 0.218 e. The lowest BCUT2D eigenvalue weighted by molar-refractivity contribution is 0.397. The summed E-state index contributed by atoms with van der Waals surface area (Å²) in [5.41, 5.74) is 0.526. The van der Waals surface area contributed by atoms with Crippen LogP contribution in [0.4, 0.5) is 5.82 Å². The SMILES string of the molecule is CCC1(CNc2cc(OC)ncn2)CC1. The molecule has 15 heavy (non-hydrogen) atoms. The van der Waals surface area contributed by atoms with Crippen molar-refractivity contribution in [1.82, 2.24) is 9.97 Å². The van der Waals surface area contributed by atoms with E-state index in [-0.39, 0.29) is 0 Å². The zero-order valence-corrected chi connectivity index (χ0v) is 9.29. The molecule has 1 heterocycles. The fourth-order valence-corrected chi connectivity index (χ4v) is 1.66. The number of ether oxygens (including phenoxy) is 1. The summed E-state index contributed by atoms with van der Waals surface area (Å²) in [5, 5.41) is 3.34. The van der Waals surface area contributed by atoms with Gasteiger partial charge in [0.1, 0.15) is 12.1 Å². The van der Waals surface area contributed by atoms with Crippen molar-refractivity contribution in [3.05, 3.63) is 12.4 Å². The summed E-state index contributed by atoms with van der Waals surface area (Å²) in [6.07, 6.45) is 5.42. The van der Waals surface area contributed by atoms with Gasteiger partial charge in [0.05, 0.1) is 7.11 Å². The molecule has 1 aromatic rings. The number of rotatable bonds is 5. The highest BCUT2D eigenvalue weighted by Crippen LogP contribution is 2.48. The Morgan fingerprint density at radius 1 is 1.47 bits per heavy atom. The minimum atomic E-state index is 0.526. The molecule has 4 heteroatoms. The summed E-state index contributed by atoms with van der Waals surface area (Å²) >= 11 is 0. The summed E-state index contributed by atoms with van der Waals surface area (Å²) in [6.45, 7) is 3.25. The second kappa shape index (κ2) is 4.04. The molecule has 1 N–H and O–H groups in total. The second-order valence-electron chi connectivity index (χ2n) is 4.15. The van der Waals surface area contributed by atoms with Crippen molar-refractivity contribution in [2.45, 2.75) is 26.2 Å². The largest absolute Gasteiger partial charge is 0.481 e. The first-order valence-electron chi connectivity index (χ1n) is 5.38. The van der Waals surface area contributed by atoms with E-state index in [2.05, 4.69) is 22.2 Å². The van der Waals surface area contributed by atoms with Crippen molar-refractivity contribution in [3.8, 4) is 5.88 Å². The molecule has 0 saturated heterocycles. The zero-order chi connectivity index (χ0) is 10.7. The van der Waals surface area contributed by atoms with Crippen LogP contribution in [0.25, 0.3) is 0 Å². The van der Waals surface area contributed by atoms with Crippen LogP contribution in [0.15, 0.2) is 12.4 Å². The van der Waals surface area contributed by atoms with Crippen molar-refractivity contribution in [1.29, 1.82) is 0 Å². The summed E-state index contributed by atoms with van der Waals surface area (Å²) < 4.78 is 5.04. The fourth-order valence-electron chi connectivity index (χ4n) is 1.66. The molecular weight excluding hydrogens is 190 g/mol. The normalized spacial score (nSPS) is 17.2. The average molecular weight is 207 g/mol. The summed E-state index contributed by atoms with van der Waals surface area (Å²) in [5.74, 6) is 1.45. The Kier molecular flexibility index (Phi) is 2.75. The third kappa shape index (κ3) is 2.37. The topological polar surface area (TPSA) is 47.0 Å². The molecule has 1 aromatic heterocycles. The maximum absolute atomic E-state index is 5.04. The first-order valence-corrected chi connectivity index (χ1v) is 5.38. The number of nitrogens with zero attached hydrogens (tertiary/aromatic N) is 2. The molecule has 82 valence electrons. The minimum Gasteiger partial charge on any atom is -0.481 e. The average Bonchev–Trinajstić information content (AvgIpc) is 3.07. The van der Waals surface area contributed by atoms with Crippen LogP contribution in [0, 0.1) is 5.41 Å². The van der Waals surface area contributed by atoms with Gasteiger partial charge in [-0.15, -0.1) is 0 Å². The minimum absolute atomic E-state index is 0.526. The molecule has 2 rings (SSSR count). The van der Waals surface area contributed by atoms with E-state index in [0.29, 0.717) is 11.3 Å². The van der Waals surface area contributed by atoms with Crippen LogP contribution in [-0.4, -0.2) is 23.6 Å². The van der Waals surface area contributed by atoms with E-state index in [1.54, 1.807) is 7.11 Å². The van der Waals surface area contributed by atoms with E-state index in [1.165, 1.54) is 25.6 Å². The Labute approximate surface area is 90.1 Å². The number of hydrogen-bond acceptors (Lipinski definition) is 4. The molecule has 1 aliphatic rings. The zero-order valence-electron chi connectivity index (χ0n) is 9.29. The number of methoxy groups -OCH3 is 1. The van der Waals surface area contributed by atoms with Crippen molar-refractivity contribution in [2.24, 2.45) is 5.41 Å². The van der Waals surface area contributed by atoms with E-state index in [4.69, 9.17) is 4.74 Å². The van der Waals surface area contributed by atoms with Gasteiger partial charge in [-0.2, -0.15) is 0 Å². The quantitative estimate of drug-likeness (QED) is 0.803. The lowest BCUT2D eigenvalue weighted by Gasteiger charge is -2.13. The van der Waals surface area contributed by atoms with Gasteiger partial charge in [0.2, 0.25) is 5.88 Å². The van der Waals surface area contributed by atoms with Crippen molar-refractivity contribution < 1.29 is 4.74 Å². The third-order valence-electron chi connectivity index (χ3n) is 3.20. The predicted molar refractivity (Wildman–Crippen MR) is 59.0 cm³/mol. The van der Waals surface area contributed by atoms with Crippen LogP contribution < -0.4 is 10.1 Å². The van der Waals surface area contributed by atoms with E-state index < -0.39 is 0 Å². The Balaban J connectivity index is 1.93. The van der Waals surface area contributed by atoms with Crippen LogP contribution in [0.1, 0.15) is 26.2 Å². The predicted octanol–water partition coefficient (Wildman–Crippen LogP) is 2.09. The molecule has 0 aliphatic heterocycles. The Bertz CT molecular complexity index is 336. The van der Waals surface area contributed by atoms with Crippen LogP contribution in [0.2, 0.25) is 0 Å². The summed E-state index contributed by atoms with van der Waals surface area (Å²) in [7, 11) is 1.61. The van der Waals surface area contributed by atoms with Crippen molar-refractivity contribution in [2.75, 3.05) is 19.0 Å². The van der Waals surface area contributed by atoms with Crippen LogP contribution in [-0.2, 0) is 0 Å². The number of anilines is 1. The third-order valence-corrected chi connectivity index (χ3v) is 3.20.